The Bertz CT molecular complexity index is 1590. The molecule has 0 aliphatic rings. The van der Waals surface area contributed by atoms with E-state index in [1.165, 1.54) is 0 Å². The fourth-order valence-electron chi connectivity index (χ4n) is 4.96. The number of nitrogens with zero attached hydrogens (tertiary/aromatic N) is 2. The van der Waals surface area contributed by atoms with Crippen LogP contribution in [0.15, 0.2) is 91.8 Å². The molecule has 0 radical (unpaired) electrons. The third-order valence-electron chi connectivity index (χ3n) is 6.83. The van der Waals surface area contributed by atoms with Crippen LogP contribution < -0.4 is 0 Å². The molecule has 2 aromatic heterocycles. The summed E-state index contributed by atoms with van der Waals surface area (Å²) in [5, 5.41) is 11.1. The number of ketones is 1. The minimum absolute atomic E-state index is 0.00554. The summed E-state index contributed by atoms with van der Waals surface area (Å²) < 4.78 is 0. The van der Waals surface area contributed by atoms with Crippen LogP contribution in [0.5, 0.6) is 0 Å². The van der Waals surface area contributed by atoms with Crippen LogP contribution in [0.4, 0.5) is 0 Å². The number of carbonyl (C=O) groups excluding carboxylic acids is 1. The number of Topliss-reactive ketones (excluding diaryl/α,β-unsaturated/α-hetero) is 1. The molecule has 5 nitrogen and oxygen atoms in total. The van der Waals surface area contributed by atoms with Gasteiger partial charge in [0, 0.05) is 46.1 Å². The van der Waals surface area contributed by atoms with E-state index in [2.05, 4.69) is 23.5 Å². The maximum Gasteiger partial charge on any atom is 0.163 e. The molecule has 0 spiro atoms. The van der Waals surface area contributed by atoms with Crippen LogP contribution in [0.3, 0.4) is 0 Å². The zero-order chi connectivity index (χ0) is 26.6. The Morgan fingerprint density at radius 3 is 2.55 bits per heavy atom. The van der Waals surface area contributed by atoms with E-state index in [0.717, 1.165) is 35.0 Å². The number of aromatic nitrogens is 3. The molecule has 0 fully saturated rings. The highest BCUT2D eigenvalue weighted by molar-refractivity contribution is 6.34. The number of hydrogen-bond donors (Lipinski definition) is 2. The molecule has 0 amide bonds. The van der Waals surface area contributed by atoms with Crippen molar-refractivity contribution in [1.82, 2.24) is 15.0 Å². The molecule has 0 aliphatic heterocycles. The number of benzene rings is 3. The van der Waals surface area contributed by atoms with E-state index in [0.29, 0.717) is 39.5 Å². The number of pyridine rings is 1. The topological polar surface area (TPSA) is 78.9 Å². The van der Waals surface area contributed by atoms with E-state index in [1.54, 1.807) is 30.6 Å². The van der Waals surface area contributed by atoms with E-state index in [9.17, 15) is 9.90 Å². The number of aromatic amines is 1. The van der Waals surface area contributed by atoms with Gasteiger partial charge in [0.1, 0.15) is 11.6 Å². The first-order chi connectivity index (χ1) is 18.5. The van der Waals surface area contributed by atoms with Crippen molar-refractivity contribution in [2.24, 2.45) is 0 Å². The average Bonchev–Trinajstić information content (AvgIpc) is 3.37. The number of nitrogens with one attached hydrogen (secondary N) is 1. The molecular formula is C32H28ClN3O2. The minimum Gasteiger partial charge on any atom is -0.508 e. The number of carbonyl (C=O) groups is 1. The largest absolute Gasteiger partial charge is 0.508 e. The first kappa shape index (κ1) is 25.4. The SMILES string of the molecule is C=C(O)c1cc(C(=O)CC(CCC)c2ccncc2)ccc1-c1c(Cl)cccc1-c1nc2ccccc2[nH]1. The summed E-state index contributed by atoms with van der Waals surface area (Å²) in [6.07, 6.45) is 5.75. The summed E-state index contributed by atoms with van der Waals surface area (Å²) >= 11 is 6.74. The van der Waals surface area contributed by atoms with Gasteiger partial charge in [-0.3, -0.25) is 9.78 Å². The van der Waals surface area contributed by atoms with Gasteiger partial charge in [0.05, 0.1) is 11.0 Å². The highest BCUT2D eigenvalue weighted by Gasteiger charge is 2.21. The number of halogens is 1. The van der Waals surface area contributed by atoms with Crippen LogP contribution in [0.25, 0.3) is 39.3 Å². The molecule has 0 bridgehead atoms. The fourth-order valence-corrected chi connectivity index (χ4v) is 5.24. The molecule has 38 heavy (non-hydrogen) atoms. The van der Waals surface area contributed by atoms with Crippen molar-refractivity contribution in [2.45, 2.75) is 32.1 Å². The average molecular weight is 522 g/mol. The highest BCUT2D eigenvalue weighted by atomic mass is 35.5. The molecule has 0 saturated carbocycles. The molecule has 3 aromatic carbocycles. The zero-order valence-corrected chi connectivity index (χ0v) is 21.9. The summed E-state index contributed by atoms with van der Waals surface area (Å²) in [5.41, 5.74) is 6.01. The molecule has 0 aliphatic carbocycles. The summed E-state index contributed by atoms with van der Waals surface area (Å²) in [7, 11) is 0. The molecule has 6 heteroatoms. The molecule has 190 valence electrons. The standard InChI is InChI=1S/C32H28ClN3O2/c1-3-7-22(21-14-16-34-17-15-21)19-30(38)23-12-13-24(26(18-23)20(2)37)31-25(8-6-9-27(31)33)32-35-28-10-4-5-11-29(28)36-32/h4-6,8-18,22,37H,2-3,7,19H2,1H3,(H,35,36). The number of fused-ring (bicyclic) bond motifs is 1. The van der Waals surface area contributed by atoms with E-state index in [4.69, 9.17) is 16.6 Å². The molecule has 0 saturated heterocycles. The number of rotatable bonds is 9. The second kappa shape index (κ2) is 11.0. The van der Waals surface area contributed by atoms with Gasteiger partial charge in [-0.1, -0.05) is 67.9 Å². The van der Waals surface area contributed by atoms with Crippen LogP contribution in [0.1, 0.15) is 53.6 Å². The Balaban J connectivity index is 1.55. The van der Waals surface area contributed by atoms with Crippen LogP contribution in [0, 0.1) is 0 Å². The van der Waals surface area contributed by atoms with Crippen LogP contribution in [0.2, 0.25) is 5.02 Å². The Morgan fingerprint density at radius 2 is 1.82 bits per heavy atom. The van der Waals surface area contributed by atoms with Crippen LogP contribution >= 0.6 is 11.6 Å². The Kier molecular flexibility index (Phi) is 7.38. The third kappa shape index (κ3) is 5.11. The lowest BCUT2D eigenvalue weighted by Gasteiger charge is -2.18. The molecule has 2 N–H and O–H groups in total. The number of para-hydroxylation sites is 2. The summed E-state index contributed by atoms with van der Waals surface area (Å²) in [4.78, 5) is 25.6. The van der Waals surface area contributed by atoms with E-state index in [1.807, 2.05) is 54.6 Å². The van der Waals surface area contributed by atoms with Crippen molar-refractivity contribution in [1.29, 1.82) is 0 Å². The lowest BCUT2D eigenvalue weighted by atomic mass is 9.87. The van der Waals surface area contributed by atoms with E-state index >= 15 is 0 Å². The van der Waals surface area contributed by atoms with Crippen LogP contribution in [-0.4, -0.2) is 25.8 Å². The van der Waals surface area contributed by atoms with Crippen molar-refractivity contribution in [3.63, 3.8) is 0 Å². The van der Waals surface area contributed by atoms with Gasteiger partial charge in [0.15, 0.2) is 5.78 Å². The first-order valence-electron chi connectivity index (χ1n) is 12.7. The fraction of sp³-hybridized carbons (Fsp3) is 0.156. The normalized spacial score (nSPS) is 11.9. The quantitative estimate of drug-likeness (QED) is 0.150. The minimum atomic E-state index is -0.135. The molecule has 5 rings (SSSR count). The number of H-pyrrole nitrogens is 1. The van der Waals surface area contributed by atoms with Gasteiger partial charge in [-0.15, -0.1) is 0 Å². The van der Waals surface area contributed by atoms with Crippen molar-refractivity contribution in [2.75, 3.05) is 0 Å². The number of aliphatic hydroxyl groups excluding tert-OH is 1. The van der Waals surface area contributed by atoms with Crippen molar-refractivity contribution in [3.8, 4) is 22.5 Å². The maximum atomic E-state index is 13.4. The Morgan fingerprint density at radius 1 is 1.03 bits per heavy atom. The maximum absolute atomic E-state index is 13.4. The molecular weight excluding hydrogens is 494 g/mol. The van der Waals surface area contributed by atoms with Crippen molar-refractivity contribution >= 4 is 34.2 Å². The van der Waals surface area contributed by atoms with E-state index < -0.39 is 0 Å². The lowest BCUT2D eigenvalue weighted by Crippen LogP contribution is -2.09. The second-order valence-electron chi connectivity index (χ2n) is 9.37. The predicted octanol–water partition coefficient (Wildman–Crippen LogP) is 8.63. The molecule has 1 atom stereocenters. The van der Waals surface area contributed by atoms with Gasteiger partial charge in [-0.05, 0) is 59.9 Å². The lowest BCUT2D eigenvalue weighted by molar-refractivity contribution is 0.0972. The Hall–Kier alpha value is -4.22. The van der Waals surface area contributed by atoms with Gasteiger partial charge in [0.25, 0.3) is 0 Å². The van der Waals surface area contributed by atoms with Crippen molar-refractivity contribution in [3.05, 3.63) is 113 Å². The summed E-state index contributed by atoms with van der Waals surface area (Å²) in [6.45, 7) is 5.90. The van der Waals surface area contributed by atoms with Gasteiger partial charge in [0.2, 0.25) is 0 Å². The van der Waals surface area contributed by atoms with Crippen LogP contribution in [-0.2, 0) is 0 Å². The zero-order valence-electron chi connectivity index (χ0n) is 21.1. The smallest absolute Gasteiger partial charge is 0.163 e. The third-order valence-corrected chi connectivity index (χ3v) is 7.14. The number of aliphatic hydroxyl groups is 1. The van der Waals surface area contributed by atoms with Gasteiger partial charge in [-0.25, -0.2) is 4.98 Å². The van der Waals surface area contributed by atoms with Crippen molar-refractivity contribution < 1.29 is 9.90 Å². The number of hydrogen-bond acceptors (Lipinski definition) is 4. The van der Waals surface area contributed by atoms with Gasteiger partial charge >= 0.3 is 0 Å². The van der Waals surface area contributed by atoms with E-state index in [-0.39, 0.29) is 17.5 Å². The van der Waals surface area contributed by atoms with Gasteiger partial charge < -0.3 is 10.1 Å². The predicted molar refractivity (Wildman–Crippen MR) is 154 cm³/mol. The summed E-state index contributed by atoms with van der Waals surface area (Å²) in [5.74, 6) is 0.632. The van der Waals surface area contributed by atoms with Gasteiger partial charge in [-0.2, -0.15) is 0 Å². The summed E-state index contributed by atoms with van der Waals surface area (Å²) in [6, 6.07) is 22.7. The monoisotopic (exact) mass is 521 g/mol. The molecule has 2 heterocycles. The second-order valence-corrected chi connectivity index (χ2v) is 9.77. The molecule has 5 aromatic rings. The molecule has 1 unspecified atom stereocenters. The highest BCUT2D eigenvalue weighted by Crippen LogP contribution is 2.40. The Labute approximate surface area is 226 Å². The number of imidazole rings is 1. The first-order valence-corrected chi connectivity index (χ1v) is 13.0.